The van der Waals surface area contributed by atoms with Crippen LogP contribution in [-0.2, 0) is 4.57 Å². The number of hydrogen-bond donors (Lipinski definition) is 0. The predicted molar refractivity (Wildman–Crippen MR) is 148 cm³/mol. The first-order valence-corrected chi connectivity index (χ1v) is 15.5. The summed E-state index contributed by atoms with van der Waals surface area (Å²) in [6.45, 7) is 0.666. The molecule has 0 spiro atoms. The topological polar surface area (TPSA) is 64.4 Å². The van der Waals surface area contributed by atoms with Crippen molar-refractivity contribution in [2.45, 2.75) is 44.6 Å². The van der Waals surface area contributed by atoms with E-state index in [4.69, 9.17) is 13.8 Å². The van der Waals surface area contributed by atoms with Gasteiger partial charge in [-0.3, -0.25) is 4.79 Å². The molecule has 0 aliphatic carbocycles. The predicted octanol–water partition coefficient (Wildman–Crippen LogP) is 7.56. The molecule has 208 valence electrons. The summed E-state index contributed by atoms with van der Waals surface area (Å²) in [5, 5.41) is 0. The van der Waals surface area contributed by atoms with Gasteiger partial charge in [0.25, 0.3) is 5.91 Å². The summed E-state index contributed by atoms with van der Waals surface area (Å²) >= 11 is 0. The first-order chi connectivity index (χ1) is 20.1. The highest BCUT2D eigenvalue weighted by atomic mass is 31.2. The molecule has 0 N–H and O–H groups in total. The molecule has 2 aliphatic rings. The van der Waals surface area contributed by atoms with Crippen LogP contribution in [0.4, 0.5) is 13.2 Å². The molecule has 0 fully saturated rings. The van der Waals surface area contributed by atoms with Crippen molar-refractivity contribution in [1.29, 1.82) is 0 Å². The molecule has 10 heteroatoms. The van der Waals surface area contributed by atoms with E-state index in [-0.39, 0.29) is 23.3 Å². The van der Waals surface area contributed by atoms with Crippen LogP contribution in [0.5, 0.6) is 5.75 Å². The second-order valence-corrected chi connectivity index (χ2v) is 14.5. The first-order valence-electron chi connectivity index (χ1n) is 14.4. The van der Waals surface area contributed by atoms with Crippen molar-refractivity contribution in [3.05, 3.63) is 82.4 Å². The number of benzene rings is 3. The molecule has 0 saturated carbocycles. The number of rotatable bonds is 5. The molecule has 2 bridgehead atoms. The number of alkyl halides is 2. The fourth-order valence-electron chi connectivity index (χ4n) is 5.95. The minimum atomic E-state index is -3.16. The highest BCUT2D eigenvalue weighted by Crippen LogP contribution is 2.54. The summed E-state index contributed by atoms with van der Waals surface area (Å²) in [5.41, 5.74) is 2.77. The molecule has 1 aromatic heterocycles. The number of imidazole rings is 1. The van der Waals surface area contributed by atoms with Crippen molar-refractivity contribution in [3.63, 3.8) is 0 Å². The fraction of sp³-hybridized carbons (Fsp3) is 0.333. The van der Waals surface area contributed by atoms with Gasteiger partial charge in [-0.25, -0.2) is 9.37 Å². The van der Waals surface area contributed by atoms with Gasteiger partial charge in [0.1, 0.15) is 17.4 Å². The van der Waals surface area contributed by atoms with Gasteiger partial charge in [0.05, 0.1) is 30.3 Å². The maximum atomic E-state index is 15.6. The monoisotopic (exact) mass is 570 g/mol. The molecule has 6 nitrogen and oxygen atoms in total. The quantitative estimate of drug-likeness (QED) is 0.232. The van der Waals surface area contributed by atoms with E-state index in [0.29, 0.717) is 39.1 Å². The largest absolute Gasteiger partial charge is 0.434 e. The van der Waals surface area contributed by atoms with Crippen molar-refractivity contribution >= 4 is 24.1 Å². The van der Waals surface area contributed by atoms with Crippen molar-refractivity contribution in [3.8, 4) is 16.9 Å². The number of carbonyl (C=O) groups is 1. The number of fused-ring (bicyclic) bond motifs is 9. The molecular weight excluding hydrogens is 538 g/mol. The summed E-state index contributed by atoms with van der Waals surface area (Å²) in [6, 6.07) is 11.2. The molecule has 0 saturated heterocycles. The molecule has 2 aliphatic heterocycles. The van der Waals surface area contributed by atoms with Gasteiger partial charge in [-0.1, -0.05) is 31.2 Å². The van der Waals surface area contributed by atoms with E-state index in [1.165, 1.54) is 18.2 Å². The third-order valence-corrected chi connectivity index (χ3v) is 10.4. The van der Waals surface area contributed by atoms with Gasteiger partial charge in [-0.2, -0.15) is 8.78 Å². The van der Waals surface area contributed by atoms with Gasteiger partial charge in [0, 0.05) is 34.3 Å². The second-order valence-electron chi connectivity index (χ2n) is 10.8. The SMILES string of the molecule is [2H]C([2H])([2H])N1C(=O)c2cccc(OC(F)F)c2[C@H]2C[C@@H]1c1nc3ccc(-c4ccc([C@H](C)P(C)(C)=O)c(F)c4C)cc3n12. The summed E-state index contributed by atoms with van der Waals surface area (Å²) in [7, 11) is -2.60. The molecule has 3 atom stereocenters. The second kappa shape index (κ2) is 9.23. The number of amides is 1. The maximum absolute atomic E-state index is 15.6. The first kappa shape index (κ1) is 23.2. The van der Waals surface area contributed by atoms with Crippen LogP contribution >= 0.6 is 7.14 Å². The average molecular weight is 571 g/mol. The normalized spacial score (nSPS) is 20.6. The van der Waals surface area contributed by atoms with E-state index in [9.17, 15) is 18.1 Å². The van der Waals surface area contributed by atoms with E-state index in [2.05, 4.69) is 0 Å². The third-order valence-electron chi connectivity index (χ3n) is 8.26. The molecule has 6 rings (SSSR count). The minimum Gasteiger partial charge on any atom is -0.434 e. The van der Waals surface area contributed by atoms with Crippen LogP contribution in [0.3, 0.4) is 0 Å². The Morgan fingerprint density at radius 1 is 1.12 bits per heavy atom. The van der Waals surface area contributed by atoms with Crippen molar-refractivity contribution in [2.24, 2.45) is 0 Å². The van der Waals surface area contributed by atoms with Crippen LogP contribution in [0.1, 0.15) is 68.1 Å². The molecule has 40 heavy (non-hydrogen) atoms. The standard InChI is InChI=1S/C30H29F3N3O3P/c1-15-18(10-11-19(27(15)31)16(2)40(4,5)38)17-9-12-21-22(13-17)36-23-14-24(28(36)34-21)35(3)29(37)20-7-6-8-25(26(20)23)39-30(32)33/h6-13,16,23-24,30H,14H2,1-5H3/t16-,23+,24+/m0/s1/i3D3. The Hall–Kier alpha value is -3.58. The Morgan fingerprint density at radius 3 is 2.60 bits per heavy atom. The van der Waals surface area contributed by atoms with E-state index in [0.717, 1.165) is 4.90 Å². The van der Waals surface area contributed by atoms with Crippen LogP contribution in [0, 0.1) is 12.7 Å². The Morgan fingerprint density at radius 2 is 1.90 bits per heavy atom. The summed E-state index contributed by atoms with van der Waals surface area (Å²) in [5.74, 6) is -1.15. The third kappa shape index (κ3) is 3.97. The summed E-state index contributed by atoms with van der Waals surface area (Å²) < 4.78 is 86.3. The Balaban J connectivity index is 1.56. The number of ether oxygens (including phenoxy) is 1. The highest BCUT2D eigenvalue weighted by molar-refractivity contribution is 7.62. The minimum absolute atomic E-state index is 0.0304. The van der Waals surface area contributed by atoms with Crippen LogP contribution < -0.4 is 4.74 Å². The molecule has 4 aromatic rings. The number of aromatic nitrogens is 2. The van der Waals surface area contributed by atoms with E-state index >= 15 is 4.39 Å². The molecule has 0 unspecified atom stereocenters. The van der Waals surface area contributed by atoms with Gasteiger partial charge in [0.2, 0.25) is 0 Å². The zero-order valence-corrected chi connectivity index (χ0v) is 23.2. The van der Waals surface area contributed by atoms with E-state index in [1.807, 2.05) is 0 Å². The zero-order chi connectivity index (χ0) is 31.2. The van der Waals surface area contributed by atoms with Crippen molar-refractivity contribution in [1.82, 2.24) is 14.5 Å². The average Bonchev–Trinajstić information content (AvgIpc) is 3.41. The lowest BCUT2D eigenvalue weighted by molar-refractivity contribution is -0.0507. The van der Waals surface area contributed by atoms with Crippen LogP contribution in [-0.4, -0.2) is 47.3 Å². The van der Waals surface area contributed by atoms with Gasteiger partial charge in [-0.15, -0.1) is 0 Å². The molecule has 1 amide bonds. The lowest BCUT2D eigenvalue weighted by Crippen LogP contribution is -2.30. The maximum Gasteiger partial charge on any atom is 0.387 e. The zero-order valence-electron chi connectivity index (χ0n) is 25.3. The lowest BCUT2D eigenvalue weighted by atomic mass is 9.95. The Kier molecular flexibility index (Phi) is 5.34. The number of carbonyl (C=O) groups excluding carboxylic acids is 1. The Bertz CT molecular complexity index is 1850. The van der Waals surface area contributed by atoms with Crippen LogP contribution in [0.2, 0.25) is 0 Å². The molecule has 3 aromatic carbocycles. The fourth-order valence-corrected chi connectivity index (χ4v) is 6.82. The number of hydrogen-bond acceptors (Lipinski definition) is 4. The van der Waals surface area contributed by atoms with Gasteiger partial charge in [0.15, 0.2) is 0 Å². The number of nitrogens with zero attached hydrogens (tertiary/aromatic N) is 3. The van der Waals surface area contributed by atoms with Crippen molar-refractivity contribution in [2.75, 3.05) is 20.3 Å². The molecular formula is C30H29F3N3O3P. The summed E-state index contributed by atoms with van der Waals surface area (Å²) in [4.78, 5) is 19.1. The summed E-state index contributed by atoms with van der Waals surface area (Å²) in [6.07, 6.45) is 0.0948. The molecule has 3 heterocycles. The van der Waals surface area contributed by atoms with Gasteiger partial charge in [-0.05, 0) is 66.8 Å². The van der Waals surface area contributed by atoms with E-state index in [1.54, 1.807) is 62.1 Å². The Labute approximate surface area is 234 Å². The highest BCUT2D eigenvalue weighted by Gasteiger charge is 2.45. The van der Waals surface area contributed by atoms with Crippen LogP contribution in [0.15, 0.2) is 48.5 Å². The van der Waals surface area contributed by atoms with Crippen molar-refractivity contribution < 1.29 is 31.4 Å². The smallest absolute Gasteiger partial charge is 0.387 e. The van der Waals surface area contributed by atoms with Gasteiger partial charge >= 0.3 is 6.61 Å². The van der Waals surface area contributed by atoms with Gasteiger partial charge < -0.3 is 18.8 Å². The van der Waals surface area contributed by atoms with E-state index < -0.39 is 50.2 Å². The lowest BCUT2D eigenvalue weighted by Gasteiger charge is -2.24. The van der Waals surface area contributed by atoms with Crippen LogP contribution in [0.25, 0.3) is 22.2 Å². The number of halogens is 3. The molecule has 0 radical (unpaired) electrons.